The van der Waals surface area contributed by atoms with Gasteiger partial charge in [-0.1, -0.05) is 24.0 Å². The number of rotatable bonds is 7. The fourth-order valence-electron chi connectivity index (χ4n) is 2.20. The van der Waals surface area contributed by atoms with Crippen LogP contribution in [0.15, 0.2) is 17.0 Å². The Bertz CT molecular complexity index is 750. The molecule has 1 aromatic rings. The van der Waals surface area contributed by atoms with E-state index in [1.54, 1.807) is 0 Å². The Balaban J connectivity index is 2.23. The van der Waals surface area contributed by atoms with E-state index in [2.05, 4.69) is 0 Å². The van der Waals surface area contributed by atoms with Gasteiger partial charge < -0.3 is 14.6 Å². The van der Waals surface area contributed by atoms with Crippen LogP contribution in [0.2, 0.25) is 0 Å². The number of thioether (sulfide) groups is 1. The largest absolute Gasteiger partial charge is 0.493 e. The lowest BCUT2D eigenvalue weighted by Gasteiger charge is -2.13. The van der Waals surface area contributed by atoms with Gasteiger partial charge in [0, 0.05) is 24.6 Å². The van der Waals surface area contributed by atoms with Crippen molar-refractivity contribution >= 4 is 46.3 Å². The summed E-state index contributed by atoms with van der Waals surface area (Å²) in [6, 6.07) is 2.61. The maximum atomic E-state index is 14.2. The van der Waals surface area contributed by atoms with Crippen LogP contribution in [0.25, 0.3) is 6.08 Å². The molecule has 1 N–H and O–H groups in total. The predicted octanol–water partition coefficient (Wildman–Crippen LogP) is 2.91. The lowest BCUT2D eigenvalue weighted by molar-refractivity contribution is -0.137. The van der Waals surface area contributed by atoms with Gasteiger partial charge in [0.2, 0.25) is 0 Å². The van der Waals surface area contributed by atoms with Crippen LogP contribution in [0, 0.1) is 5.82 Å². The summed E-state index contributed by atoms with van der Waals surface area (Å²) in [6.45, 7) is 0.211. The van der Waals surface area contributed by atoms with Crippen LogP contribution >= 0.6 is 24.0 Å². The number of amides is 1. The first-order valence-corrected chi connectivity index (χ1v) is 8.48. The van der Waals surface area contributed by atoms with Crippen molar-refractivity contribution in [2.24, 2.45) is 0 Å². The molecule has 2 rings (SSSR count). The van der Waals surface area contributed by atoms with E-state index in [4.69, 9.17) is 26.8 Å². The number of carbonyl (C=O) groups is 2. The molecule has 0 bridgehead atoms. The Hall–Kier alpha value is -2.13. The van der Waals surface area contributed by atoms with Crippen molar-refractivity contribution < 1.29 is 28.6 Å². The van der Waals surface area contributed by atoms with E-state index in [0.717, 1.165) is 11.8 Å². The van der Waals surface area contributed by atoms with Crippen molar-refractivity contribution in [1.29, 1.82) is 0 Å². The zero-order valence-electron chi connectivity index (χ0n) is 13.6. The summed E-state index contributed by atoms with van der Waals surface area (Å²) in [5, 5.41) is 8.67. The minimum atomic E-state index is -0.937. The van der Waals surface area contributed by atoms with E-state index in [-0.39, 0.29) is 35.1 Å². The molecule has 134 valence electrons. The number of halogens is 1. The number of carboxylic acids is 1. The molecule has 0 unspecified atom stereocenters. The van der Waals surface area contributed by atoms with Gasteiger partial charge in [-0.05, 0) is 18.6 Å². The van der Waals surface area contributed by atoms with Crippen LogP contribution in [0.4, 0.5) is 4.39 Å². The highest BCUT2D eigenvalue weighted by molar-refractivity contribution is 8.26. The summed E-state index contributed by atoms with van der Waals surface area (Å²) in [5.41, 5.74) is 0.170. The number of methoxy groups -OCH3 is 2. The molecule has 1 amide bonds. The molecule has 1 fully saturated rings. The van der Waals surface area contributed by atoms with Crippen LogP contribution in [0.1, 0.15) is 18.4 Å². The maximum Gasteiger partial charge on any atom is 0.303 e. The van der Waals surface area contributed by atoms with Gasteiger partial charge in [0.25, 0.3) is 5.91 Å². The van der Waals surface area contributed by atoms with Crippen molar-refractivity contribution in [3.63, 3.8) is 0 Å². The highest BCUT2D eigenvalue weighted by Gasteiger charge is 2.32. The van der Waals surface area contributed by atoms with E-state index >= 15 is 0 Å². The van der Waals surface area contributed by atoms with Crippen molar-refractivity contribution in [3.05, 3.63) is 28.4 Å². The summed E-state index contributed by atoms with van der Waals surface area (Å²) < 4.78 is 24.7. The molecule has 0 aliphatic carbocycles. The second-order valence-electron chi connectivity index (χ2n) is 5.06. The molecule has 1 aromatic carbocycles. The summed E-state index contributed by atoms with van der Waals surface area (Å²) in [4.78, 5) is 24.6. The van der Waals surface area contributed by atoms with E-state index in [1.807, 2.05) is 0 Å². The third-order valence-electron chi connectivity index (χ3n) is 3.44. The van der Waals surface area contributed by atoms with E-state index in [0.29, 0.717) is 16.5 Å². The van der Waals surface area contributed by atoms with E-state index in [1.165, 1.54) is 37.3 Å². The van der Waals surface area contributed by atoms with E-state index in [9.17, 15) is 14.0 Å². The van der Waals surface area contributed by atoms with Gasteiger partial charge in [0.1, 0.15) is 10.1 Å². The number of thiocarbonyl (C=S) groups is 1. The molecule has 0 atom stereocenters. The van der Waals surface area contributed by atoms with Crippen LogP contribution in [0.3, 0.4) is 0 Å². The smallest absolute Gasteiger partial charge is 0.303 e. The molecule has 25 heavy (non-hydrogen) atoms. The molecule has 0 spiro atoms. The van der Waals surface area contributed by atoms with Crippen LogP contribution < -0.4 is 9.47 Å². The van der Waals surface area contributed by atoms with Gasteiger partial charge in [-0.15, -0.1) is 0 Å². The topological polar surface area (TPSA) is 76.1 Å². The highest BCUT2D eigenvalue weighted by atomic mass is 32.2. The average molecular weight is 385 g/mol. The number of aliphatic carboxylic acids is 1. The number of carboxylic acid groups (broad SMARTS) is 1. The normalized spacial score (nSPS) is 15.8. The zero-order chi connectivity index (χ0) is 18.6. The van der Waals surface area contributed by atoms with Gasteiger partial charge in [0.05, 0.1) is 19.1 Å². The zero-order valence-corrected chi connectivity index (χ0v) is 15.2. The number of nitrogens with zero attached hydrogens (tertiary/aromatic N) is 1. The van der Waals surface area contributed by atoms with Crippen molar-refractivity contribution in [3.8, 4) is 11.5 Å². The van der Waals surface area contributed by atoms with Gasteiger partial charge in [-0.3, -0.25) is 14.5 Å². The first-order chi connectivity index (χ1) is 11.9. The van der Waals surface area contributed by atoms with E-state index < -0.39 is 11.8 Å². The standard InChI is InChI=1S/C16H16FNO5S2/c1-22-11-6-9(10(17)8-12(11)23-2)7-13-15(21)18(16(24)25-13)5-3-4-14(19)20/h6-8H,3-5H2,1-2H3,(H,19,20)/b13-7-. The molecular weight excluding hydrogens is 369 g/mol. The number of hydrogen-bond donors (Lipinski definition) is 1. The lowest BCUT2D eigenvalue weighted by atomic mass is 10.1. The summed E-state index contributed by atoms with van der Waals surface area (Å²) in [7, 11) is 2.83. The summed E-state index contributed by atoms with van der Waals surface area (Å²) >= 11 is 6.20. The van der Waals surface area contributed by atoms with Crippen molar-refractivity contribution in [1.82, 2.24) is 4.90 Å². The Morgan fingerprint density at radius 1 is 1.36 bits per heavy atom. The number of benzene rings is 1. The fourth-order valence-corrected chi connectivity index (χ4v) is 3.50. The Morgan fingerprint density at radius 3 is 2.60 bits per heavy atom. The molecular formula is C16H16FNO5S2. The predicted molar refractivity (Wildman–Crippen MR) is 96.3 cm³/mol. The van der Waals surface area contributed by atoms with Crippen LogP contribution in [0.5, 0.6) is 11.5 Å². The van der Waals surface area contributed by atoms with Crippen molar-refractivity contribution in [2.75, 3.05) is 20.8 Å². The summed E-state index contributed by atoms with van der Waals surface area (Å²) in [6.07, 6.45) is 1.63. The first-order valence-electron chi connectivity index (χ1n) is 7.26. The monoisotopic (exact) mass is 385 g/mol. The molecule has 6 nitrogen and oxygen atoms in total. The Kier molecular flexibility index (Phi) is 6.38. The molecule has 0 radical (unpaired) electrons. The number of hydrogen-bond acceptors (Lipinski definition) is 6. The molecule has 0 aromatic heterocycles. The van der Waals surface area contributed by atoms with Crippen LogP contribution in [-0.2, 0) is 9.59 Å². The molecule has 1 aliphatic heterocycles. The third kappa shape index (κ3) is 4.49. The molecule has 9 heteroatoms. The van der Waals surface area contributed by atoms with Crippen molar-refractivity contribution in [2.45, 2.75) is 12.8 Å². The molecule has 1 heterocycles. The van der Waals surface area contributed by atoms with Gasteiger partial charge in [-0.2, -0.15) is 0 Å². The Morgan fingerprint density at radius 2 is 2.00 bits per heavy atom. The quantitative estimate of drug-likeness (QED) is 0.571. The SMILES string of the molecule is COc1cc(F)c(/C=C2\SC(=S)N(CCCC(=O)O)C2=O)cc1OC. The first kappa shape index (κ1) is 19.2. The molecule has 0 saturated carbocycles. The fraction of sp³-hybridized carbons (Fsp3) is 0.312. The third-order valence-corrected chi connectivity index (χ3v) is 4.81. The second-order valence-corrected chi connectivity index (χ2v) is 6.74. The minimum absolute atomic E-state index is 0.0551. The van der Waals surface area contributed by atoms with Gasteiger partial charge >= 0.3 is 5.97 Å². The Labute approximate surface area is 153 Å². The lowest BCUT2D eigenvalue weighted by Crippen LogP contribution is -2.29. The average Bonchev–Trinajstić information content (AvgIpc) is 2.83. The molecule has 1 aliphatic rings. The maximum absolute atomic E-state index is 14.2. The number of ether oxygens (including phenoxy) is 2. The van der Waals surface area contributed by atoms with Gasteiger partial charge in [0.15, 0.2) is 11.5 Å². The number of carbonyl (C=O) groups excluding carboxylic acids is 1. The minimum Gasteiger partial charge on any atom is -0.493 e. The van der Waals surface area contributed by atoms with Crippen LogP contribution in [-0.4, -0.2) is 47.0 Å². The molecule has 1 saturated heterocycles. The summed E-state index contributed by atoms with van der Waals surface area (Å²) in [5.74, 6) is -1.28. The second kappa shape index (κ2) is 8.30. The highest BCUT2D eigenvalue weighted by Crippen LogP contribution is 2.35. The van der Waals surface area contributed by atoms with Gasteiger partial charge in [-0.25, -0.2) is 4.39 Å².